The van der Waals surface area contributed by atoms with E-state index in [9.17, 15) is 9.59 Å². The zero-order valence-electron chi connectivity index (χ0n) is 14.5. The van der Waals surface area contributed by atoms with Crippen LogP contribution in [0.25, 0.3) is 0 Å². The first kappa shape index (κ1) is 18.2. The lowest BCUT2D eigenvalue weighted by Crippen LogP contribution is -2.18. The van der Waals surface area contributed by atoms with Crippen LogP contribution in [0.1, 0.15) is 16.7 Å². The van der Waals surface area contributed by atoms with Crippen molar-refractivity contribution in [2.24, 2.45) is 5.16 Å². The number of hydrogen-bond acceptors (Lipinski definition) is 4. The number of benzene rings is 2. The molecule has 0 saturated carbocycles. The van der Waals surface area contributed by atoms with Gasteiger partial charge in [-0.25, -0.2) is 0 Å². The normalized spacial score (nSPS) is 10.5. The molecule has 6 heteroatoms. The van der Waals surface area contributed by atoms with Gasteiger partial charge in [0.1, 0.15) is 6.21 Å². The van der Waals surface area contributed by atoms with E-state index in [0.717, 1.165) is 22.9 Å². The van der Waals surface area contributed by atoms with Gasteiger partial charge in [0.15, 0.2) is 6.61 Å². The van der Waals surface area contributed by atoms with E-state index in [4.69, 9.17) is 4.84 Å². The highest BCUT2D eigenvalue weighted by Gasteiger charge is 2.04. The maximum absolute atomic E-state index is 11.8. The van der Waals surface area contributed by atoms with E-state index in [1.54, 1.807) is 12.1 Å². The Kier molecular flexibility index (Phi) is 6.28. The van der Waals surface area contributed by atoms with Gasteiger partial charge in [0.05, 0.1) is 0 Å². The van der Waals surface area contributed by atoms with E-state index in [1.165, 1.54) is 0 Å². The first-order chi connectivity index (χ1) is 11.9. The first-order valence-corrected chi connectivity index (χ1v) is 7.84. The number of carbonyl (C=O) groups is 2. The fourth-order valence-corrected chi connectivity index (χ4v) is 2.13. The van der Waals surface area contributed by atoms with E-state index in [2.05, 4.69) is 15.8 Å². The fraction of sp³-hybridized carbons (Fsp3) is 0.211. The molecule has 0 aliphatic carbocycles. The number of carbonyl (C=O) groups excluding carboxylic acids is 2. The molecule has 2 aromatic carbocycles. The van der Waals surface area contributed by atoms with E-state index in [1.807, 2.05) is 51.1 Å². The van der Waals surface area contributed by atoms with Gasteiger partial charge in [0, 0.05) is 11.4 Å². The lowest BCUT2D eigenvalue weighted by molar-refractivity contribution is -0.120. The molecule has 0 atom stereocenters. The van der Waals surface area contributed by atoms with E-state index >= 15 is 0 Å². The van der Waals surface area contributed by atoms with Crippen LogP contribution in [0.15, 0.2) is 47.6 Å². The van der Waals surface area contributed by atoms with Gasteiger partial charge in [0.25, 0.3) is 11.8 Å². The van der Waals surface area contributed by atoms with Crippen molar-refractivity contribution in [3.05, 3.63) is 59.2 Å². The predicted octanol–water partition coefficient (Wildman–Crippen LogP) is 3.19. The molecule has 0 fully saturated rings. The Bertz CT molecular complexity index is 783. The summed E-state index contributed by atoms with van der Waals surface area (Å²) in [5, 5.41) is 8.89. The van der Waals surface area contributed by atoms with Crippen molar-refractivity contribution in [2.45, 2.75) is 20.8 Å². The highest BCUT2D eigenvalue weighted by Crippen LogP contribution is 2.15. The van der Waals surface area contributed by atoms with Crippen LogP contribution in [0.5, 0.6) is 0 Å². The molecule has 0 radical (unpaired) electrons. The highest BCUT2D eigenvalue weighted by molar-refractivity contribution is 6.31. The molecule has 130 valence electrons. The van der Waals surface area contributed by atoms with Gasteiger partial charge >= 0.3 is 0 Å². The van der Waals surface area contributed by atoms with Crippen LogP contribution in [0.2, 0.25) is 0 Å². The molecule has 0 saturated heterocycles. The Hall–Kier alpha value is -3.15. The van der Waals surface area contributed by atoms with Gasteiger partial charge in [-0.15, -0.1) is 0 Å². The van der Waals surface area contributed by atoms with E-state index in [-0.39, 0.29) is 12.5 Å². The summed E-state index contributed by atoms with van der Waals surface area (Å²) in [5.41, 5.74) is 4.57. The monoisotopic (exact) mass is 339 g/mol. The van der Waals surface area contributed by atoms with Gasteiger partial charge in [0.2, 0.25) is 0 Å². The molecule has 0 aliphatic rings. The molecule has 0 spiro atoms. The van der Waals surface area contributed by atoms with Crippen LogP contribution in [-0.4, -0.2) is 24.6 Å². The standard InChI is InChI=1S/C19H21N3O3/c1-13-4-7-16(8-5-13)21-19(24)12-25-20-11-18(23)22-17-9-6-14(2)10-15(17)3/h4-11H,12H2,1-3H3,(H,21,24)(H,22,23)/b20-11-. The molecule has 2 N–H and O–H groups in total. The zero-order chi connectivity index (χ0) is 18.2. The van der Waals surface area contributed by atoms with Crippen molar-refractivity contribution < 1.29 is 14.4 Å². The van der Waals surface area contributed by atoms with Crippen LogP contribution >= 0.6 is 0 Å². The molecule has 0 aromatic heterocycles. The average molecular weight is 339 g/mol. The van der Waals surface area contributed by atoms with Crippen molar-refractivity contribution in [1.82, 2.24) is 0 Å². The number of nitrogens with one attached hydrogen (secondary N) is 2. The van der Waals surface area contributed by atoms with Crippen molar-refractivity contribution >= 4 is 29.4 Å². The van der Waals surface area contributed by atoms with Crippen LogP contribution in [0.4, 0.5) is 11.4 Å². The lowest BCUT2D eigenvalue weighted by atomic mass is 10.1. The minimum Gasteiger partial charge on any atom is -0.385 e. The third kappa shape index (κ3) is 6.10. The molecule has 2 amide bonds. The summed E-state index contributed by atoms with van der Waals surface area (Å²) in [4.78, 5) is 28.3. The van der Waals surface area contributed by atoms with E-state index in [0.29, 0.717) is 11.4 Å². The molecular weight excluding hydrogens is 318 g/mol. The lowest BCUT2D eigenvalue weighted by Gasteiger charge is -2.07. The Morgan fingerprint density at radius 2 is 1.68 bits per heavy atom. The number of rotatable bonds is 6. The first-order valence-electron chi connectivity index (χ1n) is 7.84. The summed E-state index contributed by atoms with van der Waals surface area (Å²) in [6.07, 6.45) is 0.998. The van der Waals surface area contributed by atoms with Crippen molar-refractivity contribution in [3.8, 4) is 0 Å². The number of oxime groups is 1. The molecule has 2 aromatic rings. The topological polar surface area (TPSA) is 79.8 Å². The minimum atomic E-state index is -0.425. The van der Waals surface area contributed by atoms with Crippen molar-refractivity contribution in [3.63, 3.8) is 0 Å². The van der Waals surface area contributed by atoms with Crippen LogP contribution in [0.3, 0.4) is 0 Å². The molecule has 2 rings (SSSR count). The van der Waals surface area contributed by atoms with Crippen molar-refractivity contribution in [1.29, 1.82) is 0 Å². The number of hydrogen-bond donors (Lipinski definition) is 2. The number of amides is 2. The fourth-order valence-electron chi connectivity index (χ4n) is 2.13. The second kappa shape index (κ2) is 8.63. The van der Waals surface area contributed by atoms with Gasteiger partial charge in [-0.05, 0) is 44.5 Å². The molecular formula is C19H21N3O3. The smallest absolute Gasteiger partial charge is 0.270 e. The Morgan fingerprint density at radius 1 is 1.00 bits per heavy atom. The number of anilines is 2. The summed E-state index contributed by atoms with van der Waals surface area (Å²) >= 11 is 0. The third-order valence-electron chi connectivity index (χ3n) is 3.42. The van der Waals surface area contributed by atoms with Crippen LogP contribution in [0, 0.1) is 20.8 Å². The predicted molar refractivity (Wildman–Crippen MR) is 98.8 cm³/mol. The molecule has 0 unspecified atom stereocenters. The Morgan fingerprint density at radius 3 is 2.36 bits per heavy atom. The summed E-state index contributed by atoms with van der Waals surface area (Å²) < 4.78 is 0. The summed E-state index contributed by atoms with van der Waals surface area (Å²) in [6.45, 7) is 5.58. The molecule has 25 heavy (non-hydrogen) atoms. The van der Waals surface area contributed by atoms with Gasteiger partial charge < -0.3 is 15.5 Å². The number of nitrogens with zero attached hydrogens (tertiary/aromatic N) is 1. The minimum absolute atomic E-state index is 0.277. The Labute approximate surface area is 146 Å². The SMILES string of the molecule is Cc1ccc(NC(=O)CO/N=C\C(=O)Nc2ccc(C)cc2C)cc1. The highest BCUT2D eigenvalue weighted by atomic mass is 16.6. The Balaban J connectivity index is 1.75. The third-order valence-corrected chi connectivity index (χ3v) is 3.42. The summed E-state index contributed by atoms with van der Waals surface area (Å²) in [6, 6.07) is 13.1. The number of aryl methyl sites for hydroxylation is 3. The average Bonchev–Trinajstić information content (AvgIpc) is 2.56. The summed E-state index contributed by atoms with van der Waals surface area (Å²) in [7, 11) is 0. The molecule has 6 nitrogen and oxygen atoms in total. The summed E-state index contributed by atoms with van der Waals surface area (Å²) in [5.74, 6) is -0.776. The van der Waals surface area contributed by atoms with Crippen LogP contribution < -0.4 is 10.6 Å². The van der Waals surface area contributed by atoms with Crippen LogP contribution in [-0.2, 0) is 14.4 Å². The van der Waals surface area contributed by atoms with Gasteiger partial charge in [-0.3, -0.25) is 9.59 Å². The van der Waals surface area contributed by atoms with Gasteiger partial charge in [-0.2, -0.15) is 0 Å². The maximum Gasteiger partial charge on any atom is 0.270 e. The maximum atomic E-state index is 11.8. The largest absolute Gasteiger partial charge is 0.385 e. The van der Waals surface area contributed by atoms with Gasteiger partial charge in [-0.1, -0.05) is 40.5 Å². The molecule has 0 aliphatic heterocycles. The van der Waals surface area contributed by atoms with E-state index < -0.39 is 5.91 Å². The zero-order valence-corrected chi connectivity index (χ0v) is 14.5. The molecule has 0 heterocycles. The molecule has 0 bridgehead atoms. The quantitative estimate of drug-likeness (QED) is 0.626. The second-order valence-corrected chi connectivity index (χ2v) is 5.73. The van der Waals surface area contributed by atoms with Crippen molar-refractivity contribution in [2.75, 3.05) is 17.2 Å². The second-order valence-electron chi connectivity index (χ2n) is 5.73.